The van der Waals surface area contributed by atoms with Crippen molar-refractivity contribution in [2.75, 3.05) is 6.54 Å². The lowest BCUT2D eigenvalue weighted by atomic mass is 10.2. The average Bonchev–Trinajstić information content (AvgIpc) is 3.40. The van der Waals surface area contributed by atoms with Crippen LogP contribution in [0.1, 0.15) is 16.3 Å². The van der Waals surface area contributed by atoms with Crippen LogP contribution in [0.3, 0.4) is 0 Å². The van der Waals surface area contributed by atoms with Crippen LogP contribution in [0, 0.1) is 39.2 Å². The first-order valence-electron chi connectivity index (χ1n) is 8.37. The first-order valence-corrected chi connectivity index (χ1v) is 8.37. The molecule has 0 unspecified atom stereocenters. The zero-order valence-electron chi connectivity index (χ0n) is 15.2. The summed E-state index contributed by atoms with van der Waals surface area (Å²) in [5, 5.41) is 16.8. The van der Waals surface area contributed by atoms with Gasteiger partial charge in [0.2, 0.25) is 29.1 Å². The highest BCUT2D eigenvalue weighted by atomic mass is 19.2. The normalized spacial score (nSPS) is 10.9. The Morgan fingerprint density at radius 2 is 1.77 bits per heavy atom. The minimum Gasteiger partial charge on any atom is -0.479 e. The van der Waals surface area contributed by atoms with Crippen molar-refractivity contribution < 1.29 is 40.8 Å². The highest BCUT2D eigenvalue weighted by molar-refractivity contribution is 5.91. The molecular formula is C17H11F5N4O5. The van der Waals surface area contributed by atoms with E-state index in [1.54, 1.807) is 0 Å². The zero-order valence-corrected chi connectivity index (χ0v) is 15.2. The fourth-order valence-electron chi connectivity index (χ4n) is 2.37. The molecule has 2 aromatic heterocycles. The van der Waals surface area contributed by atoms with Gasteiger partial charge in [-0.05, 0) is 12.1 Å². The van der Waals surface area contributed by atoms with Gasteiger partial charge in [-0.1, -0.05) is 0 Å². The molecule has 0 saturated heterocycles. The number of hydrogen-bond donors (Lipinski definition) is 1. The van der Waals surface area contributed by atoms with Crippen molar-refractivity contribution in [3.05, 3.63) is 75.2 Å². The van der Waals surface area contributed by atoms with Gasteiger partial charge in [0.25, 0.3) is 5.91 Å². The van der Waals surface area contributed by atoms with Gasteiger partial charge in [-0.25, -0.2) is 13.2 Å². The van der Waals surface area contributed by atoms with Gasteiger partial charge in [-0.3, -0.25) is 19.6 Å². The average molecular weight is 446 g/mol. The lowest BCUT2D eigenvalue weighted by Crippen LogP contribution is -2.27. The van der Waals surface area contributed by atoms with Crippen molar-refractivity contribution in [2.24, 2.45) is 0 Å². The summed E-state index contributed by atoms with van der Waals surface area (Å²) in [5.74, 6) is -13.4. The van der Waals surface area contributed by atoms with E-state index in [0.29, 0.717) is 0 Å². The van der Waals surface area contributed by atoms with Crippen LogP contribution in [0.5, 0.6) is 5.75 Å². The Labute approximate surface area is 169 Å². The van der Waals surface area contributed by atoms with E-state index in [0.717, 1.165) is 6.20 Å². The number of ether oxygens (including phenoxy) is 1. The number of benzene rings is 1. The van der Waals surface area contributed by atoms with E-state index in [1.807, 2.05) is 0 Å². The first-order chi connectivity index (χ1) is 14.7. The summed E-state index contributed by atoms with van der Waals surface area (Å²) >= 11 is 0. The Kier molecular flexibility index (Phi) is 6.17. The summed E-state index contributed by atoms with van der Waals surface area (Å²) in [5.41, 5.74) is -0.212. The van der Waals surface area contributed by atoms with Crippen LogP contribution in [0.4, 0.5) is 27.6 Å². The van der Waals surface area contributed by atoms with Crippen molar-refractivity contribution >= 4 is 11.6 Å². The van der Waals surface area contributed by atoms with Crippen LogP contribution in [0.25, 0.3) is 0 Å². The molecule has 0 spiro atoms. The minimum atomic E-state index is -2.32. The summed E-state index contributed by atoms with van der Waals surface area (Å²) in [4.78, 5) is 22.0. The molecule has 0 atom stereocenters. The molecule has 0 fully saturated rings. The fraction of sp³-hybridized carbons (Fsp3) is 0.176. The van der Waals surface area contributed by atoms with Crippen LogP contribution in [0.15, 0.2) is 28.9 Å². The minimum absolute atomic E-state index is 0.0365. The van der Waals surface area contributed by atoms with E-state index in [4.69, 9.17) is 4.42 Å². The molecule has 0 aliphatic rings. The lowest BCUT2D eigenvalue weighted by molar-refractivity contribution is -0.385. The Balaban J connectivity index is 1.56. The topological polar surface area (TPSA) is 112 Å². The summed E-state index contributed by atoms with van der Waals surface area (Å²) in [6.45, 7) is -0.562. The number of nitrogens with zero attached hydrogens (tertiary/aromatic N) is 3. The maximum atomic E-state index is 13.6. The van der Waals surface area contributed by atoms with Crippen molar-refractivity contribution in [1.29, 1.82) is 0 Å². The third-order valence-corrected chi connectivity index (χ3v) is 3.87. The van der Waals surface area contributed by atoms with Crippen LogP contribution in [0.2, 0.25) is 0 Å². The van der Waals surface area contributed by atoms with E-state index in [2.05, 4.69) is 15.2 Å². The smallest absolute Gasteiger partial charge is 0.306 e. The largest absolute Gasteiger partial charge is 0.479 e. The Bertz CT molecular complexity index is 1120. The summed E-state index contributed by atoms with van der Waals surface area (Å²) in [6, 6.07) is 2.41. The number of aromatic nitrogens is 2. The van der Waals surface area contributed by atoms with Gasteiger partial charge >= 0.3 is 5.69 Å². The number of rotatable bonds is 8. The Morgan fingerprint density at radius 3 is 2.39 bits per heavy atom. The lowest BCUT2D eigenvalue weighted by Gasteiger charge is -2.09. The highest BCUT2D eigenvalue weighted by Crippen LogP contribution is 2.29. The van der Waals surface area contributed by atoms with Crippen LogP contribution < -0.4 is 10.1 Å². The van der Waals surface area contributed by atoms with Crippen molar-refractivity contribution in [3.8, 4) is 5.75 Å². The molecule has 31 heavy (non-hydrogen) atoms. The number of furan rings is 1. The van der Waals surface area contributed by atoms with E-state index >= 15 is 0 Å². The van der Waals surface area contributed by atoms with E-state index < -0.39 is 52.3 Å². The van der Waals surface area contributed by atoms with Gasteiger partial charge in [0, 0.05) is 6.54 Å². The highest BCUT2D eigenvalue weighted by Gasteiger charge is 2.27. The molecule has 3 rings (SSSR count). The predicted molar refractivity (Wildman–Crippen MR) is 90.5 cm³/mol. The zero-order chi connectivity index (χ0) is 22.7. The fourth-order valence-corrected chi connectivity index (χ4v) is 2.37. The molecule has 0 aliphatic heterocycles. The molecule has 0 radical (unpaired) electrons. The molecule has 0 saturated carbocycles. The maximum absolute atomic E-state index is 13.6. The van der Waals surface area contributed by atoms with Crippen molar-refractivity contribution in [1.82, 2.24) is 15.1 Å². The number of halogens is 5. The van der Waals surface area contributed by atoms with Crippen LogP contribution in [-0.2, 0) is 13.2 Å². The van der Waals surface area contributed by atoms with Crippen molar-refractivity contribution in [2.45, 2.75) is 13.2 Å². The molecule has 0 bridgehead atoms. The van der Waals surface area contributed by atoms with Crippen molar-refractivity contribution in [3.63, 3.8) is 0 Å². The second-order valence-electron chi connectivity index (χ2n) is 5.93. The van der Waals surface area contributed by atoms with Gasteiger partial charge in [-0.2, -0.15) is 13.9 Å². The maximum Gasteiger partial charge on any atom is 0.306 e. The van der Waals surface area contributed by atoms with E-state index in [-0.39, 0.29) is 30.3 Å². The van der Waals surface area contributed by atoms with Crippen LogP contribution in [-0.4, -0.2) is 27.2 Å². The predicted octanol–water partition coefficient (Wildman–Crippen LogP) is 3.09. The van der Waals surface area contributed by atoms with Gasteiger partial charge in [0.15, 0.2) is 11.5 Å². The number of nitro groups is 1. The molecule has 1 aromatic carbocycles. The first kappa shape index (κ1) is 21.7. The molecule has 3 aromatic rings. The summed E-state index contributed by atoms with van der Waals surface area (Å²) < 4.78 is 77.5. The monoisotopic (exact) mass is 446 g/mol. The standard InChI is InChI=1S/C17H11F5N4O5/c18-11-12(19)14(21)16(15(22)13(11)20)30-7-9-1-2-10(31-9)17(27)23-3-4-25-6-8(5-24-25)26(28)29/h1-2,5-6H,3-4,7H2,(H,23,27). The quantitative estimate of drug-likeness (QED) is 0.187. The van der Waals surface area contributed by atoms with Gasteiger partial charge < -0.3 is 14.5 Å². The number of amides is 1. The SMILES string of the molecule is O=C(NCCn1cc([N+](=O)[O-])cn1)c1ccc(COc2c(F)c(F)c(F)c(F)c2F)o1. The second kappa shape index (κ2) is 8.81. The van der Waals surface area contributed by atoms with Gasteiger partial charge in [-0.15, -0.1) is 0 Å². The van der Waals surface area contributed by atoms with E-state index in [9.17, 15) is 36.9 Å². The number of nitrogens with one attached hydrogen (secondary N) is 1. The molecular weight excluding hydrogens is 435 g/mol. The molecule has 1 N–H and O–H groups in total. The van der Waals surface area contributed by atoms with Gasteiger partial charge in [0.05, 0.1) is 11.5 Å². The third-order valence-electron chi connectivity index (χ3n) is 3.87. The molecule has 2 heterocycles. The number of carbonyl (C=O) groups excluding carboxylic acids is 1. The molecule has 9 nitrogen and oxygen atoms in total. The Morgan fingerprint density at radius 1 is 1.13 bits per heavy atom. The van der Waals surface area contributed by atoms with Crippen LogP contribution >= 0.6 is 0 Å². The second-order valence-corrected chi connectivity index (χ2v) is 5.93. The Hall–Kier alpha value is -3.97. The van der Waals surface area contributed by atoms with E-state index in [1.165, 1.54) is 23.0 Å². The molecule has 0 aliphatic carbocycles. The third kappa shape index (κ3) is 4.62. The molecule has 1 amide bonds. The molecule has 14 heteroatoms. The number of carbonyl (C=O) groups is 1. The summed E-state index contributed by atoms with van der Waals surface area (Å²) in [6.07, 6.45) is 2.22. The molecule has 164 valence electrons. The summed E-state index contributed by atoms with van der Waals surface area (Å²) in [7, 11) is 0. The number of hydrogen-bond acceptors (Lipinski definition) is 6. The van der Waals surface area contributed by atoms with Gasteiger partial charge in [0.1, 0.15) is 24.8 Å².